The maximum absolute atomic E-state index is 12.5. The summed E-state index contributed by atoms with van der Waals surface area (Å²) in [4.78, 5) is 24.8. The molecule has 138 valence electrons. The molecule has 5 heteroatoms. The van der Waals surface area contributed by atoms with Crippen molar-refractivity contribution in [1.29, 1.82) is 0 Å². The second-order valence-electron chi connectivity index (χ2n) is 6.80. The number of Topliss-reactive ketones (excluding diaryl/α,β-unsaturated/α-hetero) is 2. The number of aliphatic hydroxyl groups is 1. The van der Waals surface area contributed by atoms with E-state index in [1.807, 2.05) is 13.0 Å². The summed E-state index contributed by atoms with van der Waals surface area (Å²) < 4.78 is 24.0. The van der Waals surface area contributed by atoms with Gasteiger partial charge in [-0.05, 0) is 66.4 Å². The molecule has 0 bridgehead atoms. The number of rotatable bonds is 7. The Hall–Kier alpha value is -1.88. The van der Waals surface area contributed by atoms with Crippen LogP contribution in [-0.2, 0) is 9.59 Å². The van der Waals surface area contributed by atoms with Crippen LogP contribution in [0.5, 0.6) is 0 Å². The van der Waals surface area contributed by atoms with Gasteiger partial charge >= 0.3 is 0 Å². The fourth-order valence-corrected chi connectivity index (χ4v) is 2.98. The van der Waals surface area contributed by atoms with Gasteiger partial charge in [-0.15, -0.1) is 0 Å². The predicted molar refractivity (Wildman–Crippen MR) is 94.2 cm³/mol. The highest BCUT2D eigenvalue weighted by Gasteiger charge is 2.38. The van der Waals surface area contributed by atoms with E-state index in [0.717, 1.165) is 11.6 Å². The van der Waals surface area contributed by atoms with E-state index in [4.69, 9.17) is 0 Å². The molecule has 0 radical (unpaired) electrons. The molecule has 1 aliphatic carbocycles. The number of ketones is 2. The van der Waals surface area contributed by atoms with E-state index >= 15 is 0 Å². The fourth-order valence-electron chi connectivity index (χ4n) is 2.98. The number of hydrogen-bond donors (Lipinski definition) is 1. The molecule has 0 aromatic heterocycles. The van der Waals surface area contributed by atoms with Gasteiger partial charge in [-0.1, -0.05) is 11.6 Å². The molecule has 25 heavy (non-hydrogen) atoms. The molecule has 0 aromatic rings. The van der Waals surface area contributed by atoms with Crippen molar-refractivity contribution in [3.8, 4) is 0 Å². The third-order valence-electron chi connectivity index (χ3n) is 4.69. The Morgan fingerprint density at radius 1 is 1.00 bits per heavy atom. The maximum Gasteiger partial charge on any atom is 0.266 e. The summed E-state index contributed by atoms with van der Waals surface area (Å²) >= 11 is 0. The summed E-state index contributed by atoms with van der Waals surface area (Å²) in [6, 6.07) is 0. The van der Waals surface area contributed by atoms with Crippen LogP contribution < -0.4 is 0 Å². The van der Waals surface area contributed by atoms with Crippen LogP contribution in [0.2, 0.25) is 0 Å². The zero-order valence-electron chi connectivity index (χ0n) is 15.5. The summed E-state index contributed by atoms with van der Waals surface area (Å²) in [7, 11) is 0. The van der Waals surface area contributed by atoms with Crippen molar-refractivity contribution in [1.82, 2.24) is 0 Å². The molecule has 0 fully saturated rings. The van der Waals surface area contributed by atoms with Crippen LogP contribution in [0.15, 0.2) is 46.1 Å². The van der Waals surface area contributed by atoms with E-state index in [1.54, 1.807) is 20.8 Å². The molecule has 0 heterocycles. The van der Waals surface area contributed by atoms with Crippen molar-refractivity contribution in [2.24, 2.45) is 0 Å². The van der Waals surface area contributed by atoms with Crippen LogP contribution in [0.3, 0.4) is 0 Å². The third kappa shape index (κ3) is 5.30. The molecule has 0 saturated carbocycles. The van der Waals surface area contributed by atoms with Crippen molar-refractivity contribution in [3.05, 3.63) is 46.1 Å². The van der Waals surface area contributed by atoms with E-state index in [0.29, 0.717) is 29.6 Å². The molecule has 0 spiro atoms. The summed E-state index contributed by atoms with van der Waals surface area (Å²) in [5.74, 6) is -0.497. The van der Waals surface area contributed by atoms with E-state index in [-0.39, 0.29) is 30.0 Å². The largest absolute Gasteiger partial charge is 0.385 e. The Balaban J connectivity index is 2.83. The van der Waals surface area contributed by atoms with Crippen molar-refractivity contribution in [2.45, 2.75) is 65.9 Å². The second kappa shape index (κ2) is 8.48. The second-order valence-corrected chi connectivity index (χ2v) is 6.80. The number of carbonyl (C=O) groups excluding carboxylic acids is 2. The van der Waals surface area contributed by atoms with Gasteiger partial charge in [0.15, 0.2) is 11.6 Å². The van der Waals surface area contributed by atoms with Gasteiger partial charge in [0.1, 0.15) is 0 Å². The molecule has 3 nitrogen and oxygen atoms in total. The first-order chi connectivity index (χ1) is 11.5. The van der Waals surface area contributed by atoms with Crippen molar-refractivity contribution in [2.75, 3.05) is 0 Å². The van der Waals surface area contributed by atoms with Crippen molar-refractivity contribution < 1.29 is 23.5 Å². The SMILES string of the molecule is CC1=C(C)C(=O)C([C@](C)(O)CC/C=C(\C)CCC=C(F)F)=C(C)C1=O. The number of hydrogen-bond acceptors (Lipinski definition) is 3. The molecule has 0 amide bonds. The Bertz CT molecular complexity index is 688. The summed E-state index contributed by atoms with van der Waals surface area (Å²) in [6.45, 7) is 8.16. The van der Waals surface area contributed by atoms with Crippen LogP contribution in [0.25, 0.3) is 0 Å². The van der Waals surface area contributed by atoms with Crippen LogP contribution >= 0.6 is 0 Å². The molecule has 1 N–H and O–H groups in total. The van der Waals surface area contributed by atoms with Gasteiger partial charge < -0.3 is 5.11 Å². The number of allylic oxidation sites excluding steroid dienone is 6. The van der Waals surface area contributed by atoms with Gasteiger partial charge in [-0.2, -0.15) is 8.78 Å². The summed E-state index contributed by atoms with van der Waals surface area (Å²) in [6.07, 6.45) is 2.61. The molecule has 1 aliphatic rings. The minimum absolute atomic E-state index is 0.161. The normalized spacial score (nSPS) is 18.6. The average molecular weight is 352 g/mol. The highest BCUT2D eigenvalue weighted by atomic mass is 19.3. The van der Waals surface area contributed by atoms with E-state index in [1.165, 1.54) is 6.92 Å². The highest BCUT2D eigenvalue weighted by Crippen LogP contribution is 2.34. The minimum Gasteiger partial charge on any atom is -0.385 e. The zero-order valence-corrected chi connectivity index (χ0v) is 15.5. The van der Waals surface area contributed by atoms with Crippen LogP contribution in [-0.4, -0.2) is 22.3 Å². The van der Waals surface area contributed by atoms with E-state index in [9.17, 15) is 23.5 Å². The Kier molecular flexibility index (Phi) is 7.17. The Labute approximate surface area is 147 Å². The fraction of sp³-hybridized carbons (Fsp3) is 0.500. The van der Waals surface area contributed by atoms with Crippen LogP contribution in [0, 0.1) is 0 Å². The number of halogens is 2. The standard InChI is InChI=1S/C20H26F2O3/c1-12(8-6-10-16(21)22)9-7-11-20(5,25)17-15(4)18(23)13(2)14(3)19(17)24/h9-10,25H,6-8,11H2,1-5H3/b12-9+/t20-/m1/s1. The van der Waals surface area contributed by atoms with Crippen LogP contribution in [0.4, 0.5) is 8.78 Å². The first kappa shape index (κ1) is 21.2. The highest BCUT2D eigenvalue weighted by molar-refractivity contribution is 6.25. The first-order valence-electron chi connectivity index (χ1n) is 8.36. The lowest BCUT2D eigenvalue weighted by Gasteiger charge is -2.30. The Morgan fingerprint density at radius 3 is 2.12 bits per heavy atom. The molecule has 0 aliphatic heterocycles. The first-order valence-corrected chi connectivity index (χ1v) is 8.36. The van der Waals surface area contributed by atoms with Gasteiger partial charge in [0, 0.05) is 22.3 Å². The summed E-state index contributed by atoms with van der Waals surface area (Å²) in [5.41, 5.74) is 0.776. The van der Waals surface area contributed by atoms with Crippen molar-refractivity contribution in [3.63, 3.8) is 0 Å². The van der Waals surface area contributed by atoms with Gasteiger partial charge in [0.2, 0.25) is 0 Å². The lowest BCUT2D eigenvalue weighted by atomic mass is 9.77. The molecular formula is C20H26F2O3. The van der Waals surface area contributed by atoms with Crippen LogP contribution in [0.1, 0.15) is 60.3 Å². The monoisotopic (exact) mass is 352 g/mol. The average Bonchev–Trinajstić information content (AvgIpc) is 2.50. The lowest BCUT2D eigenvalue weighted by molar-refractivity contribution is -0.118. The van der Waals surface area contributed by atoms with E-state index in [2.05, 4.69) is 0 Å². The van der Waals surface area contributed by atoms with E-state index < -0.39 is 11.7 Å². The molecule has 0 aromatic carbocycles. The number of carbonyl (C=O) groups is 2. The lowest BCUT2D eigenvalue weighted by Crippen LogP contribution is -2.36. The molecule has 1 rings (SSSR count). The zero-order chi connectivity index (χ0) is 19.4. The van der Waals surface area contributed by atoms with Gasteiger partial charge in [-0.25, -0.2) is 0 Å². The molecule has 1 atom stereocenters. The van der Waals surface area contributed by atoms with Crippen molar-refractivity contribution >= 4 is 11.6 Å². The smallest absolute Gasteiger partial charge is 0.266 e. The van der Waals surface area contributed by atoms with Gasteiger partial charge in [0.25, 0.3) is 6.08 Å². The van der Waals surface area contributed by atoms with Gasteiger partial charge in [0.05, 0.1) is 5.60 Å². The summed E-state index contributed by atoms with van der Waals surface area (Å²) in [5, 5.41) is 10.8. The molecule has 0 unspecified atom stereocenters. The molecular weight excluding hydrogens is 326 g/mol. The van der Waals surface area contributed by atoms with Gasteiger partial charge in [-0.3, -0.25) is 9.59 Å². The topological polar surface area (TPSA) is 54.4 Å². The minimum atomic E-state index is -1.68. The molecule has 0 saturated heterocycles. The third-order valence-corrected chi connectivity index (χ3v) is 4.69. The predicted octanol–water partition coefficient (Wildman–Crippen LogP) is 4.83. The Morgan fingerprint density at radius 2 is 1.56 bits per heavy atom. The quantitative estimate of drug-likeness (QED) is 0.527. The maximum atomic E-state index is 12.5.